The monoisotopic (exact) mass is 496 g/mol. The Balaban J connectivity index is 1.51. The molecule has 0 aromatic heterocycles. The van der Waals surface area contributed by atoms with E-state index in [2.05, 4.69) is 5.32 Å². The van der Waals surface area contributed by atoms with E-state index in [1.54, 1.807) is 37.3 Å². The number of anilines is 1. The highest BCUT2D eigenvalue weighted by Gasteiger charge is 2.23. The molecule has 0 aliphatic heterocycles. The van der Waals surface area contributed by atoms with Crippen LogP contribution < -0.4 is 19.5 Å². The zero-order chi connectivity index (χ0) is 26.0. The van der Waals surface area contributed by atoms with Crippen molar-refractivity contribution in [2.75, 3.05) is 19.5 Å². The van der Waals surface area contributed by atoms with Crippen LogP contribution in [0.4, 0.5) is 10.5 Å². The van der Waals surface area contributed by atoms with E-state index in [0.717, 1.165) is 22.4 Å². The number of benzene rings is 4. The first kappa shape index (κ1) is 25.6. The number of carbonyl (C=O) groups excluding carboxylic acids is 1. The van der Waals surface area contributed by atoms with Crippen molar-refractivity contribution in [3.63, 3.8) is 0 Å². The summed E-state index contributed by atoms with van der Waals surface area (Å²) in [6.07, 6.45) is 0. The lowest BCUT2D eigenvalue weighted by atomic mass is 10.1. The quantitative estimate of drug-likeness (QED) is 0.255. The van der Waals surface area contributed by atoms with Crippen LogP contribution in [0.15, 0.2) is 103 Å². The zero-order valence-corrected chi connectivity index (χ0v) is 21.4. The Bertz CT molecular complexity index is 1280. The number of nitrogens with one attached hydrogen (secondary N) is 1. The maximum absolute atomic E-state index is 13.6. The summed E-state index contributed by atoms with van der Waals surface area (Å²) in [5.41, 5.74) is 3.72. The lowest BCUT2D eigenvalue weighted by Gasteiger charge is -2.30. The van der Waals surface area contributed by atoms with Gasteiger partial charge in [-0.15, -0.1) is 0 Å². The van der Waals surface area contributed by atoms with Crippen LogP contribution in [-0.2, 0) is 13.2 Å². The standard InChI is InChI=1S/C31H32N2O4/c1-23(26-12-8-5-9-13-26)33(31(34)32-29-19-18-28(35-2)20-30(29)36-3)21-24-14-16-27(17-15-24)37-22-25-10-6-4-7-11-25/h4-20,23H,21-22H2,1-3H3,(H,32,34). The molecule has 0 heterocycles. The van der Waals surface area contributed by atoms with Gasteiger partial charge in [0.05, 0.1) is 25.9 Å². The predicted octanol–water partition coefficient (Wildman–Crippen LogP) is 7.08. The number of carbonyl (C=O) groups is 1. The van der Waals surface area contributed by atoms with Gasteiger partial charge < -0.3 is 24.4 Å². The maximum atomic E-state index is 13.6. The van der Waals surface area contributed by atoms with Crippen molar-refractivity contribution in [1.29, 1.82) is 0 Å². The molecule has 1 N–H and O–H groups in total. The van der Waals surface area contributed by atoms with Gasteiger partial charge in [0.1, 0.15) is 23.9 Å². The molecule has 0 fully saturated rings. The van der Waals surface area contributed by atoms with Crippen molar-refractivity contribution in [1.82, 2.24) is 4.90 Å². The summed E-state index contributed by atoms with van der Waals surface area (Å²) in [6.45, 7) is 2.94. The molecule has 0 saturated heterocycles. The van der Waals surface area contributed by atoms with Crippen LogP contribution in [0.1, 0.15) is 29.7 Å². The average Bonchev–Trinajstić information content (AvgIpc) is 2.96. The van der Waals surface area contributed by atoms with Gasteiger partial charge in [-0.05, 0) is 47.9 Å². The fourth-order valence-electron chi connectivity index (χ4n) is 4.01. The summed E-state index contributed by atoms with van der Waals surface area (Å²) in [7, 11) is 3.16. The first-order chi connectivity index (χ1) is 18.1. The minimum Gasteiger partial charge on any atom is -0.497 e. The molecule has 1 unspecified atom stereocenters. The van der Waals surface area contributed by atoms with E-state index >= 15 is 0 Å². The summed E-state index contributed by atoms with van der Waals surface area (Å²) >= 11 is 0. The van der Waals surface area contributed by atoms with E-state index in [0.29, 0.717) is 30.3 Å². The molecule has 0 radical (unpaired) electrons. The number of hydrogen-bond acceptors (Lipinski definition) is 4. The van der Waals surface area contributed by atoms with Crippen LogP contribution >= 0.6 is 0 Å². The van der Waals surface area contributed by atoms with Crippen LogP contribution in [0, 0.1) is 0 Å². The normalized spacial score (nSPS) is 11.3. The van der Waals surface area contributed by atoms with Crippen LogP contribution in [0.5, 0.6) is 17.2 Å². The lowest BCUT2D eigenvalue weighted by molar-refractivity contribution is 0.189. The topological polar surface area (TPSA) is 60.0 Å². The highest BCUT2D eigenvalue weighted by atomic mass is 16.5. The Kier molecular flexibility index (Phi) is 8.66. The van der Waals surface area contributed by atoms with Gasteiger partial charge in [-0.3, -0.25) is 0 Å². The summed E-state index contributed by atoms with van der Waals surface area (Å²) in [5.74, 6) is 1.96. The fourth-order valence-corrected chi connectivity index (χ4v) is 4.01. The highest BCUT2D eigenvalue weighted by molar-refractivity contribution is 5.91. The molecule has 37 heavy (non-hydrogen) atoms. The van der Waals surface area contributed by atoms with Gasteiger partial charge >= 0.3 is 6.03 Å². The summed E-state index contributed by atoms with van der Waals surface area (Å²) in [6, 6.07) is 32.8. The highest BCUT2D eigenvalue weighted by Crippen LogP contribution is 2.31. The fraction of sp³-hybridized carbons (Fsp3) is 0.194. The molecule has 0 aliphatic rings. The second-order valence-electron chi connectivity index (χ2n) is 8.63. The van der Waals surface area contributed by atoms with Crippen molar-refractivity contribution in [3.8, 4) is 17.2 Å². The Morgan fingerprint density at radius 1 is 0.784 bits per heavy atom. The third-order valence-electron chi connectivity index (χ3n) is 6.19. The number of rotatable bonds is 10. The third kappa shape index (κ3) is 6.82. The minimum atomic E-state index is -0.232. The van der Waals surface area contributed by atoms with E-state index in [1.165, 1.54) is 0 Å². The van der Waals surface area contributed by atoms with Crippen LogP contribution in [-0.4, -0.2) is 25.2 Å². The number of nitrogens with zero attached hydrogens (tertiary/aromatic N) is 1. The van der Waals surface area contributed by atoms with E-state index in [-0.39, 0.29) is 12.1 Å². The summed E-state index contributed by atoms with van der Waals surface area (Å²) in [5, 5.41) is 3.02. The molecule has 190 valence electrons. The van der Waals surface area contributed by atoms with Gasteiger partial charge in [-0.2, -0.15) is 0 Å². The van der Waals surface area contributed by atoms with E-state index in [4.69, 9.17) is 14.2 Å². The van der Waals surface area contributed by atoms with E-state index in [1.807, 2.05) is 91.9 Å². The SMILES string of the molecule is COc1ccc(NC(=O)N(Cc2ccc(OCc3ccccc3)cc2)C(C)c2ccccc2)c(OC)c1. The maximum Gasteiger partial charge on any atom is 0.322 e. The van der Waals surface area contributed by atoms with Crippen molar-refractivity contribution in [2.45, 2.75) is 26.1 Å². The van der Waals surface area contributed by atoms with Crippen LogP contribution in [0.25, 0.3) is 0 Å². The van der Waals surface area contributed by atoms with Crippen LogP contribution in [0.2, 0.25) is 0 Å². The molecule has 0 bridgehead atoms. The molecule has 0 spiro atoms. The van der Waals surface area contributed by atoms with Crippen molar-refractivity contribution in [3.05, 3.63) is 120 Å². The number of amides is 2. The van der Waals surface area contributed by atoms with E-state index in [9.17, 15) is 4.79 Å². The Morgan fingerprint density at radius 3 is 2.08 bits per heavy atom. The van der Waals surface area contributed by atoms with Crippen molar-refractivity contribution >= 4 is 11.7 Å². The number of hydrogen-bond donors (Lipinski definition) is 1. The zero-order valence-electron chi connectivity index (χ0n) is 21.4. The Morgan fingerprint density at radius 2 is 1.43 bits per heavy atom. The average molecular weight is 497 g/mol. The summed E-state index contributed by atoms with van der Waals surface area (Å²) in [4.78, 5) is 15.4. The van der Waals surface area contributed by atoms with E-state index < -0.39 is 0 Å². The van der Waals surface area contributed by atoms with Gasteiger partial charge in [-0.25, -0.2) is 4.79 Å². The molecule has 4 aromatic carbocycles. The number of methoxy groups -OCH3 is 2. The number of ether oxygens (including phenoxy) is 3. The molecule has 1 atom stereocenters. The smallest absolute Gasteiger partial charge is 0.322 e. The van der Waals surface area contributed by atoms with Gasteiger partial charge in [-0.1, -0.05) is 72.8 Å². The Labute approximate surface area is 218 Å². The molecular weight excluding hydrogens is 464 g/mol. The largest absolute Gasteiger partial charge is 0.497 e. The Hall–Kier alpha value is -4.45. The van der Waals surface area contributed by atoms with Crippen molar-refractivity contribution in [2.24, 2.45) is 0 Å². The molecular formula is C31H32N2O4. The molecule has 4 aromatic rings. The van der Waals surface area contributed by atoms with Crippen LogP contribution in [0.3, 0.4) is 0 Å². The third-order valence-corrected chi connectivity index (χ3v) is 6.19. The lowest BCUT2D eigenvalue weighted by Crippen LogP contribution is -2.36. The second-order valence-corrected chi connectivity index (χ2v) is 8.63. The predicted molar refractivity (Wildman–Crippen MR) is 146 cm³/mol. The molecule has 2 amide bonds. The van der Waals surface area contributed by atoms with Crippen molar-refractivity contribution < 1.29 is 19.0 Å². The van der Waals surface area contributed by atoms with Gasteiger partial charge in [0.2, 0.25) is 0 Å². The summed E-state index contributed by atoms with van der Waals surface area (Å²) < 4.78 is 16.7. The first-order valence-electron chi connectivity index (χ1n) is 12.2. The molecule has 4 rings (SSSR count). The van der Waals surface area contributed by atoms with Gasteiger partial charge in [0, 0.05) is 12.6 Å². The molecule has 0 saturated carbocycles. The number of urea groups is 1. The van der Waals surface area contributed by atoms with Gasteiger partial charge in [0.25, 0.3) is 0 Å². The second kappa shape index (κ2) is 12.5. The molecule has 6 nitrogen and oxygen atoms in total. The molecule has 6 heteroatoms. The van der Waals surface area contributed by atoms with Gasteiger partial charge in [0.15, 0.2) is 0 Å². The minimum absolute atomic E-state index is 0.167. The molecule has 0 aliphatic carbocycles. The first-order valence-corrected chi connectivity index (χ1v) is 12.2.